The quantitative estimate of drug-likeness (QED) is 0.559. The largest absolute Gasteiger partial charge is 0.492 e. The molecule has 184 valence electrons. The number of esters is 1. The smallest absolute Gasteiger partial charge is 0.343 e. The highest BCUT2D eigenvalue weighted by Gasteiger charge is 2.30. The molecule has 1 N–H and O–H groups in total. The third-order valence-corrected chi connectivity index (χ3v) is 8.23. The maximum absolute atomic E-state index is 14.0. The van der Waals surface area contributed by atoms with Crippen molar-refractivity contribution in [2.75, 3.05) is 38.1 Å². The van der Waals surface area contributed by atoms with Gasteiger partial charge in [0, 0.05) is 13.1 Å². The maximum atomic E-state index is 14.0. The number of ether oxygens (including phenoxy) is 2. The molecule has 1 saturated heterocycles. The molecule has 9 heteroatoms. The molecule has 0 spiro atoms. The fourth-order valence-corrected chi connectivity index (χ4v) is 6.03. The zero-order valence-corrected chi connectivity index (χ0v) is 20.6. The second-order valence-electron chi connectivity index (χ2n) is 9.05. The summed E-state index contributed by atoms with van der Waals surface area (Å²) < 4.78 is 54.1. The van der Waals surface area contributed by atoms with E-state index < -0.39 is 21.8 Å². The Morgan fingerprint density at radius 1 is 1.26 bits per heavy atom. The number of hydrogen-bond acceptors (Lipinski definition) is 6. The van der Waals surface area contributed by atoms with Crippen molar-refractivity contribution >= 4 is 21.7 Å². The minimum Gasteiger partial charge on any atom is -0.492 e. The van der Waals surface area contributed by atoms with E-state index in [1.807, 2.05) is 6.92 Å². The lowest BCUT2D eigenvalue weighted by Crippen LogP contribution is -2.46. The van der Waals surface area contributed by atoms with E-state index in [1.165, 1.54) is 19.2 Å². The number of halogens is 1. The van der Waals surface area contributed by atoms with E-state index in [0.29, 0.717) is 30.3 Å². The highest BCUT2D eigenvalue weighted by atomic mass is 32.2. The number of fused-ring (bicyclic) bond motifs is 1. The molecule has 0 aliphatic carbocycles. The average Bonchev–Trinajstić information content (AvgIpc) is 2.77. The van der Waals surface area contributed by atoms with E-state index in [-0.39, 0.29) is 22.1 Å². The summed E-state index contributed by atoms with van der Waals surface area (Å²) in [5.41, 5.74) is 1.38. The predicted octanol–water partition coefficient (Wildman–Crippen LogP) is 4.18. The Bertz CT molecular complexity index is 1180. The Balaban J connectivity index is 1.64. The van der Waals surface area contributed by atoms with Crippen molar-refractivity contribution in [3.8, 4) is 5.75 Å². The van der Waals surface area contributed by atoms with Crippen molar-refractivity contribution in [1.29, 1.82) is 0 Å². The van der Waals surface area contributed by atoms with Gasteiger partial charge in [-0.25, -0.2) is 17.6 Å². The van der Waals surface area contributed by atoms with Gasteiger partial charge in [-0.2, -0.15) is 0 Å². The zero-order valence-electron chi connectivity index (χ0n) is 19.8. The number of carbonyl (C=O) groups is 1. The highest BCUT2D eigenvalue weighted by Crippen LogP contribution is 2.40. The number of methoxy groups -OCH3 is 1. The van der Waals surface area contributed by atoms with Crippen LogP contribution in [0.15, 0.2) is 35.2 Å². The van der Waals surface area contributed by atoms with Crippen LogP contribution in [0.4, 0.5) is 10.1 Å². The van der Waals surface area contributed by atoms with E-state index >= 15 is 0 Å². The molecule has 1 unspecified atom stereocenters. The number of sulfonamides is 1. The van der Waals surface area contributed by atoms with Crippen molar-refractivity contribution in [1.82, 2.24) is 4.90 Å². The molecule has 0 amide bonds. The molecule has 0 radical (unpaired) electrons. The molecule has 1 fully saturated rings. The Morgan fingerprint density at radius 2 is 2.03 bits per heavy atom. The summed E-state index contributed by atoms with van der Waals surface area (Å²) in [5.74, 6) is -0.192. The molecular weight excluding hydrogens is 459 g/mol. The van der Waals surface area contributed by atoms with Gasteiger partial charge in [-0.05, 0) is 73.0 Å². The van der Waals surface area contributed by atoms with Crippen molar-refractivity contribution in [3.05, 3.63) is 52.8 Å². The van der Waals surface area contributed by atoms with Crippen LogP contribution in [0.2, 0.25) is 0 Å². The van der Waals surface area contributed by atoms with Gasteiger partial charge in [0.1, 0.15) is 17.1 Å². The van der Waals surface area contributed by atoms with Gasteiger partial charge in [-0.1, -0.05) is 19.9 Å². The first-order chi connectivity index (χ1) is 16.2. The number of nitrogens with zero attached hydrogens (tertiary/aromatic N) is 1. The van der Waals surface area contributed by atoms with Crippen LogP contribution in [0.3, 0.4) is 0 Å². The van der Waals surface area contributed by atoms with Crippen LogP contribution in [-0.4, -0.2) is 52.6 Å². The third-order valence-electron chi connectivity index (χ3n) is 6.76. The van der Waals surface area contributed by atoms with Crippen LogP contribution >= 0.6 is 0 Å². The van der Waals surface area contributed by atoms with Crippen molar-refractivity contribution < 1.29 is 27.1 Å². The number of hydrogen-bond donors (Lipinski definition) is 1. The molecule has 0 saturated carbocycles. The van der Waals surface area contributed by atoms with E-state index in [9.17, 15) is 17.6 Å². The Morgan fingerprint density at radius 3 is 2.74 bits per heavy atom. The van der Waals surface area contributed by atoms with Crippen LogP contribution < -0.4 is 9.46 Å². The molecule has 2 aliphatic heterocycles. The Labute approximate surface area is 200 Å². The normalized spacial score (nSPS) is 18.5. The summed E-state index contributed by atoms with van der Waals surface area (Å²) >= 11 is 0. The second kappa shape index (κ2) is 9.92. The summed E-state index contributed by atoms with van der Waals surface area (Å²) in [6, 6.07) is 7.03. The lowest BCUT2D eigenvalue weighted by atomic mass is 9.92. The summed E-state index contributed by atoms with van der Waals surface area (Å²) in [6.45, 7) is 7.50. The summed E-state index contributed by atoms with van der Waals surface area (Å²) in [6.07, 6.45) is 2.03. The molecule has 0 aromatic heterocycles. The van der Waals surface area contributed by atoms with Gasteiger partial charge in [0.2, 0.25) is 0 Å². The highest BCUT2D eigenvalue weighted by molar-refractivity contribution is 7.92. The lowest BCUT2D eigenvalue weighted by Gasteiger charge is -2.38. The Kier molecular flexibility index (Phi) is 7.14. The fraction of sp³-hybridized carbons (Fsp3) is 0.480. The molecule has 2 aromatic rings. The summed E-state index contributed by atoms with van der Waals surface area (Å²) in [5, 5.41) is 0. The van der Waals surface area contributed by atoms with E-state index in [1.54, 1.807) is 12.1 Å². The molecule has 1 atom stereocenters. The molecule has 2 heterocycles. The Hall–Kier alpha value is -2.65. The van der Waals surface area contributed by atoms with Gasteiger partial charge >= 0.3 is 5.97 Å². The lowest BCUT2D eigenvalue weighted by molar-refractivity contribution is 0.0596. The first-order valence-electron chi connectivity index (χ1n) is 11.6. The minimum absolute atomic E-state index is 0.00314. The third kappa shape index (κ3) is 4.90. The van der Waals surface area contributed by atoms with Crippen molar-refractivity contribution in [2.45, 2.75) is 43.9 Å². The average molecular weight is 491 g/mol. The van der Waals surface area contributed by atoms with Crippen LogP contribution in [-0.2, 0) is 21.2 Å². The molecule has 2 aliphatic rings. The SMILES string of the molecule is CCN1CC(CCc2cc(F)ccc2S(=O)(=O)Nc2ccc3c(c2C(=O)OC)OCCC3C)C1. The van der Waals surface area contributed by atoms with Crippen molar-refractivity contribution in [2.24, 2.45) is 5.92 Å². The second-order valence-corrected chi connectivity index (χ2v) is 10.7. The zero-order chi connectivity index (χ0) is 24.5. The summed E-state index contributed by atoms with van der Waals surface area (Å²) in [7, 11) is -2.87. The molecule has 4 rings (SSSR count). The van der Waals surface area contributed by atoms with Crippen LogP contribution in [0.5, 0.6) is 5.75 Å². The van der Waals surface area contributed by atoms with E-state index in [4.69, 9.17) is 9.47 Å². The number of likely N-dealkylation sites (tertiary alicyclic amines) is 1. The standard InChI is InChI=1S/C25H31FN2O5S/c1-4-28-14-17(15-28)5-6-18-13-19(26)7-10-22(18)34(30,31)27-21-9-8-20-16(2)11-12-33-24(20)23(21)25(29)32-3/h7-10,13,16-17,27H,4-6,11-12,14-15H2,1-3H3. The molecule has 34 heavy (non-hydrogen) atoms. The fourth-order valence-electron chi connectivity index (χ4n) is 4.71. The minimum atomic E-state index is -4.11. The van der Waals surface area contributed by atoms with Gasteiger partial charge < -0.3 is 14.4 Å². The van der Waals surface area contributed by atoms with E-state index in [0.717, 1.165) is 44.1 Å². The van der Waals surface area contributed by atoms with Gasteiger partial charge in [-0.15, -0.1) is 0 Å². The molecule has 2 aromatic carbocycles. The van der Waals surface area contributed by atoms with Gasteiger partial charge in [-0.3, -0.25) is 4.72 Å². The van der Waals surface area contributed by atoms with Crippen LogP contribution in [0.1, 0.15) is 54.1 Å². The molecular formula is C25H31FN2O5S. The number of benzene rings is 2. The number of rotatable bonds is 8. The van der Waals surface area contributed by atoms with Crippen molar-refractivity contribution in [3.63, 3.8) is 0 Å². The van der Waals surface area contributed by atoms with Crippen LogP contribution in [0.25, 0.3) is 0 Å². The molecule has 0 bridgehead atoms. The first-order valence-corrected chi connectivity index (χ1v) is 13.1. The van der Waals surface area contributed by atoms with Crippen LogP contribution in [0, 0.1) is 11.7 Å². The predicted molar refractivity (Wildman–Crippen MR) is 127 cm³/mol. The number of anilines is 1. The monoisotopic (exact) mass is 490 g/mol. The van der Waals surface area contributed by atoms with Gasteiger partial charge in [0.15, 0.2) is 0 Å². The number of aryl methyl sites for hydroxylation is 1. The van der Waals surface area contributed by atoms with E-state index in [2.05, 4.69) is 16.5 Å². The first kappa shape index (κ1) is 24.5. The number of carbonyl (C=O) groups excluding carboxylic acids is 1. The summed E-state index contributed by atoms with van der Waals surface area (Å²) in [4.78, 5) is 14.9. The van der Waals surface area contributed by atoms with Gasteiger partial charge in [0.25, 0.3) is 10.0 Å². The maximum Gasteiger partial charge on any atom is 0.343 e. The molecule has 7 nitrogen and oxygen atoms in total. The number of nitrogens with one attached hydrogen (secondary N) is 1. The topological polar surface area (TPSA) is 84.9 Å². The van der Waals surface area contributed by atoms with Gasteiger partial charge in [0.05, 0.1) is 24.3 Å².